The van der Waals surface area contributed by atoms with Crippen LogP contribution in [0, 0.1) is 0 Å². The van der Waals surface area contributed by atoms with E-state index in [1.165, 1.54) is 0 Å². The van der Waals surface area contributed by atoms with Gasteiger partial charge >= 0.3 is 0 Å². The van der Waals surface area contributed by atoms with Crippen molar-refractivity contribution in [2.45, 2.75) is 18.9 Å². The summed E-state index contributed by atoms with van der Waals surface area (Å²) in [4.78, 5) is 20.8. The third kappa shape index (κ3) is 2.88. The Morgan fingerprint density at radius 3 is 2.83 bits per heavy atom. The van der Waals surface area contributed by atoms with Crippen LogP contribution in [-0.2, 0) is 9.53 Å². The number of hydrogen-bond acceptors (Lipinski definition) is 5. The second kappa shape index (κ2) is 6.02. The molecule has 1 amide bonds. The molecule has 6 nitrogen and oxygen atoms in total. The van der Waals surface area contributed by atoms with Gasteiger partial charge in [0.25, 0.3) is 11.9 Å². The number of halogens is 1. The number of carbonyl (C=O) groups is 1. The van der Waals surface area contributed by atoms with Crippen LogP contribution in [0.1, 0.15) is 12.8 Å². The number of fused-ring (bicyclic) bond motifs is 1. The summed E-state index contributed by atoms with van der Waals surface area (Å²) in [6.07, 6.45) is 1.57. The Morgan fingerprint density at radius 2 is 2.09 bits per heavy atom. The molecule has 0 radical (unpaired) electrons. The minimum absolute atomic E-state index is 0.117. The topological polar surface area (TPSA) is 58.8 Å². The largest absolute Gasteiger partial charge is 0.423 e. The lowest BCUT2D eigenvalue weighted by atomic mass is 10.2. The van der Waals surface area contributed by atoms with Gasteiger partial charge in [-0.05, 0) is 31.0 Å². The molecule has 2 fully saturated rings. The van der Waals surface area contributed by atoms with Gasteiger partial charge in [-0.25, -0.2) is 0 Å². The minimum atomic E-state index is -0.243. The summed E-state index contributed by atoms with van der Waals surface area (Å²) in [6.45, 7) is 3.44. The average Bonchev–Trinajstić information content (AvgIpc) is 3.23. The fourth-order valence-corrected chi connectivity index (χ4v) is 3.28. The molecular weight excluding hydrogens is 318 g/mol. The molecule has 0 bridgehead atoms. The zero-order valence-corrected chi connectivity index (χ0v) is 13.5. The van der Waals surface area contributed by atoms with Crippen molar-refractivity contribution in [2.24, 2.45) is 0 Å². The van der Waals surface area contributed by atoms with E-state index in [-0.39, 0.29) is 12.0 Å². The van der Waals surface area contributed by atoms with Gasteiger partial charge in [0.15, 0.2) is 5.58 Å². The standard InChI is InChI=1S/C16H18ClN3O3/c17-11-3-4-13-12(10-11)18-16(23-13)20-7-5-19(6-8-20)15(21)14-2-1-9-22-14/h3-4,10,14H,1-2,5-9H2. The molecule has 1 aromatic heterocycles. The third-order valence-corrected chi connectivity index (χ3v) is 4.64. The van der Waals surface area contributed by atoms with Crippen molar-refractivity contribution >= 4 is 34.6 Å². The van der Waals surface area contributed by atoms with E-state index in [1.54, 1.807) is 12.1 Å². The van der Waals surface area contributed by atoms with Crippen molar-refractivity contribution in [1.82, 2.24) is 9.88 Å². The number of piperazine rings is 1. The van der Waals surface area contributed by atoms with E-state index in [0.29, 0.717) is 43.8 Å². The highest BCUT2D eigenvalue weighted by molar-refractivity contribution is 6.31. The maximum absolute atomic E-state index is 12.4. The Balaban J connectivity index is 1.43. The molecule has 3 heterocycles. The van der Waals surface area contributed by atoms with Gasteiger partial charge in [-0.1, -0.05) is 11.6 Å². The van der Waals surface area contributed by atoms with Crippen LogP contribution in [0.4, 0.5) is 6.01 Å². The highest BCUT2D eigenvalue weighted by atomic mass is 35.5. The molecule has 0 saturated carbocycles. The summed E-state index contributed by atoms with van der Waals surface area (Å²) in [5.41, 5.74) is 1.48. The van der Waals surface area contributed by atoms with Crippen LogP contribution in [0.3, 0.4) is 0 Å². The number of benzene rings is 1. The van der Waals surface area contributed by atoms with Gasteiger partial charge in [0.2, 0.25) is 0 Å². The van der Waals surface area contributed by atoms with Gasteiger partial charge in [-0.2, -0.15) is 4.98 Å². The Morgan fingerprint density at radius 1 is 1.26 bits per heavy atom. The van der Waals surface area contributed by atoms with Gasteiger partial charge in [0, 0.05) is 37.8 Å². The fourth-order valence-electron chi connectivity index (χ4n) is 3.12. The zero-order chi connectivity index (χ0) is 15.8. The quantitative estimate of drug-likeness (QED) is 0.843. The lowest BCUT2D eigenvalue weighted by Crippen LogP contribution is -2.51. The number of carbonyl (C=O) groups excluding carboxylic acids is 1. The van der Waals surface area contributed by atoms with E-state index in [4.69, 9.17) is 20.8 Å². The fraction of sp³-hybridized carbons (Fsp3) is 0.500. The van der Waals surface area contributed by atoms with Crippen molar-refractivity contribution in [3.63, 3.8) is 0 Å². The lowest BCUT2D eigenvalue weighted by molar-refractivity contribution is -0.141. The van der Waals surface area contributed by atoms with E-state index >= 15 is 0 Å². The maximum atomic E-state index is 12.4. The number of amides is 1. The lowest BCUT2D eigenvalue weighted by Gasteiger charge is -2.34. The predicted molar refractivity (Wildman–Crippen MR) is 86.8 cm³/mol. The van der Waals surface area contributed by atoms with Crippen molar-refractivity contribution in [2.75, 3.05) is 37.7 Å². The Labute approximate surface area is 138 Å². The van der Waals surface area contributed by atoms with Gasteiger partial charge in [0.05, 0.1) is 0 Å². The molecule has 2 saturated heterocycles. The molecule has 2 aliphatic heterocycles. The number of oxazole rings is 1. The second-order valence-electron chi connectivity index (χ2n) is 5.92. The Hall–Kier alpha value is -1.79. The maximum Gasteiger partial charge on any atom is 0.298 e. The monoisotopic (exact) mass is 335 g/mol. The molecular formula is C16H18ClN3O3. The normalized spacial score (nSPS) is 22.0. The molecule has 1 unspecified atom stereocenters. The van der Waals surface area contributed by atoms with Gasteiger partial charge < -0.3 is 19.0 Å². The SMILES string of the molecule is O=C(C1CCCO1)N1CCN(c2nc3cc(Cl)ccc3o2)CC1. The van der Waals surface area contributed by atoms with Gasteiger partial charge in [-0.3, -0.25) is 4.79 Å². The molecule has 0 spiro atoms. The summed E-state index contributed by atoms with van der Waals surface area (Å²) >= 11 is 5.98. The van der Waals surface area contributed by atoms with Crippen LogP contribution < -0.4 is 4.90 Å². The van der Waals surface area contributed by atoms with E-state index in [1.807, 2.05) is 11.0 Å². The highest BCUT2D eigenvalue weighted by Crippen LogP contribution is 2.25. The molecule has 0 N–H and O–H groups in total. The van der Waals surface area contributed by atoms with Crippen molar-refractivity contribution in [3.05, 3.63) is 23.2 Å². The van der Waals surface area contributed by atoms with Crippen LogP contribution in [0.15, 0.2) is 22.6 Å². The molecule has 1 atom stereocenters. The van der Waals surface area contributed by atoms with Crippen molar-refractivity contribution < 1.29 is 13.9 Å². The third-order valence-electron chi connectivity index (χ3n) is 4.41. The van der Waals surface area contributed by atoms with E-state index in [0.717, 1.165) is 23.9 Å². The van der Waals surface area contributed by atoms with E-state index < -0.39 is 0 Å². The number of rotatable bonds is 2. The summed E-state index contributed by atoms with van der Waals surface area (Å²) in [5.74, 6) is 0.117. The van der Waals surface area contributed by atoms with Crippen molar-refractivity contribution in [3.8, 4) is 0 Å². The summed E-state index contributed by atoms with van der Waals surface area (Å²) in [6, 6.07) is 6.00. The van der Waals surface area contributed by atoms with E-state index in [9.17, 15) is 4.79 Å². The number of hydrogen-bond donors (Lipinski definition) is 0. The number of ether oxygens (including phenoxy) is 1. The Kier molecular flexibility index (Phi) is 3.87. The van der Waals surface area contributed by atoms with Crippen LogP contribution in [0.25, 0.3) is 11.1 Å². The molecule has 0 aliphatic carbocycles. The van der Waals surface area contributed by atoms with Crippen LogP contribution in [0.5, 0.6) is 0 Å². The highest BCUT2D eigenvalue weighted by Gasteiger charge is 2.31. The molecule has 2 aromatic rings. The first-order valence-corrected chi connectivity index (χ1v) is 8.30. The predicted octanol–water partition coefficient (Wildman–Crippen LogP) is 2.31. The van der Waals surface area contributed by atoms with E-state index in [2.05, 4.69) is 9.88 Å². The molecule has 7 heteroatoms. The first-order valence-electron chi connectivity index (χ1n) is 7.92. The number of anilines is 1. The summed E-state index contributed by atoms with van der Waals surface area (Å²) < 4.78 is 11.3. The molecule has 122 valence electrons. The van der Waals surface area contributed by atoms with Gasteiger partial charge in [0.1, 0.15) is 11.6 Å². The molecule has 4 rings (SSSR count). The minimum Gasteiger partial charge on any atom is -0.423 e. The number of aromatic nitrogens is 1. The molecule has 2 aliphatic rings. The second-order valence-corrected chi connectivity index (χ2v) is 6.36. The number of nitrogens with zero attached hydrogens (tertiary/aromatic N) is 3. The Bertz CT molecular complexity index is 718. The summed E-state index contributed by atoms with van der Waals surface area (Å²) in [5, 5.41) is 0.643. The van der Waals surface area contributed by atoms with Crippen molar-refractivity contribution in [1.29, 1.82) is 0 Å². The first kappa shape index (κ1) is 14.8. The van der Waals surface area contributed by atoms with Crippen LogP contribution in [0.2, 0.25) is 5.02 Å². The molecule has 23 heavy (non-hydrogen) atoms. The van der Waals surface area contributed by atoms with Crippen LogP contribution in [-0.4, -0.2) is 54.7 Å². The summed E-state index contributed by atoms with van der Waals surface area (Å²) in [7, 11) is 0. The van der Waals surface area contributed by atoms with Gasteiger partial charge in [-0.15, -0.1) is 0 Å². The molecule has 1 aromatic carbocycles. The first-order chi connectivity index (χ1) is 11.2. The zero-order valence-electron chi connectivity index (χ0n) is 12.7. The van der Waals surface area contributed by atoms with Crippen LogP contribution >= 0.6 is 11.6 Å². The average molecular weight is 336 g/mol. The smallest absolute Gasteiger partial charge is 0.298 e.